The van der Waals surface area contributed by atoms with E-state index in [1.54, 1.807) is 5.57 Å². The summed E-state index contributed by atoms with van der Waals surface area (Å²) < 4.78 is 0. The van der Waals surface area contributed by atoms with Gasteiger partial charge in [-0.15, -0.1) is 0 Å². The van der Waals surface area contributed by atoms with Gasteiger partial charge >= 0.3 is 0 Å². The van der Waals surface area contributed by atoms with Crippen molar-refractivity contribution in [3.05, 3.63) is 52.6 Å². The average molecular weight is 462 g/mol. The third kappa shape index (κ3) is 3.52. The summed E-state index contributed by atoms with van der Waals surface area (Å²) in [5.41, 5.74) is 5.73. The summed E-state index contributed by atoms with van der Waals surface area (Å²) in [6, 6.07) is 8.93. The normalized spacial score (nSPS) is 37.0. The summed E-state index contributed by atoms with van der Waals surface area (Å²) in [5, 5.41) is 12.0. The number of nitrogens with zero attached hydrogens (tertiary/aromatic N) is 1. The van der Waals surface area contributed by atoms with Crippen molar-refractivity contribution in [3.8, 4) is 0 Å². The molecule has 0 aliphatic heterocycles. The highest BCUT2D eigenvalue weighted by atomic mass is 16.3. The van der Waals surface area contributed by atoms with E-state index in [1.807, 2.05) is 6.08 Å². The number of carbonyl (C=O) groups is 2. The Labute approximate surface area is 204 Å². The summed E-state index contributed by atoms with van der Waals surface area (Å²) in [4.78, 5) is 25.7. The minimum absolute atomic E-state index is 0.227. The highest BCUT2D eigenvalue weighted by molar-refractivity contribution is 5.93. The number of ketones is 1. The summed E-state index contributed by atoms with van der Waals surface area (Å²) in [6.07, 6.45) is 8.99. The Morgan fingerprint density at radius 1 is 1.18 bits per heavy atom. The average Bonchev–Trinajstić information content (AvgIpc) is 3.07. The number of anilines is 1. The first-order valence-electron chi connectivity index (χ1n) is 13.1. The molecule has 2 saturated carbocycles. The van der Waals surface area contributed by atoms with Crippen LogP contribution in [0.2, 0.25) is 0 Å². The van der Waals surface area contributed by atoms with Crippen molar-refractivity contribution in [1.29, 1.82) is 0 Å². The van der Waals surface area contributed by atoms with Gasteiger partial charge in [-0.05, 0) is 91.2 Å². The van der Waals surface area contributed by atoms with Crippen molar-refractivity contribution in [2.45, 2.75) is 76.7 Å². The third-order valence-electron chi connectivity index (χ3n) is 9.88. The second-order valence-electron chi connectivity index (χ2n) is 11.8. The van der Waals surface area contributed by atoms with Crippen LogP contribution >= 0.6 is 0 Å². The van der Waals surface area contributed by atoms with Crippen LogP contribution in [-0.4, -0.2) is 36.9 Å². The number of aliphatic hydroxyl groups is 1. The molecular weight excluding hydrogens is 422 g/mol. The van der Waals surface area contributed by atoms with Crippen LogP contribution in [0.5, 0.6) is 0 Å². The Kier molecular flexibility index (Phi) is 5.87. The highest BCUT2D eigenvalue weighted by Crippen LogP contribution is 2.68. The first kappa shape index (κ1) is 23.5. The first-order chi connectivity index (χ1) is 16.2. The van der Waals surface area contributed by atoms with Gasteiger partial charge in [-0.1, -0.05) is 31.6 Å². The number of hydrogen-bond donors (Lipinski definition) is 1. The van der Waals surface area contributed by atoms with E-state index in [9.17, 15) is 14.7 Å². The second kappa shape index (κ2) is 8.48. The molecule has 4 heteroatoms. The van der Waals surface area contributed by atoms with Gasteiger partial charge in [-0.3, -0.25) is 4.79 Å². The molecular formula is C30H39NO3. The lowest BCUT2D eigenvalue weighted by Crippen LogP contribution is -2.52. The van der Waals surface area contributed by atoms with Crippen LogP contribution < -0.4 is 4.90 Å². The van der Waals surface area contributed by atoms with E-state index in [2.05, 4.69) is 57.1 Å². The van der Waals surface area contributed by atoms with Gasteiger partial charge < -0.3 is 14.8 Å². The van der Waals surface area contributed by atoms with Crippen LogP contribution in [0.25, 0.3) is 0 Å². The van der Waals surface area contributed by atoms with Gasteiger partial charge in [0, 0.05) is 44.0 Å². The monoisotopic (exact) mass is 461 g/mol. The van der Waals surface area contributed by atoms with Crippen LogP contribution in [0.15, 0.2) is 47.1 Å². The fourth-order valence-electron chi connectivity index (χ4n) is 8.12. The Balaban J connectivity index is 1.66. The van der Waals surface area contributed by atoms with Gasteiger partial charge in [0.05, 0.1) is 5.60 Å². The standard InChI is InChI=1S/C30H39NO3/c1-19-16-21-17-23(33)10-11-24(21)28-25(20-6-8-22(9-7-20)31(3)4)18-29(2)26(27(19)28)12-14-30(29,34)13-5-15-32/h6-9,15,17,19,25-27,34H,5,10-14,16,18H2,1-4H3/t19-,25+,26-,27-,29-,30-/m0/s1. The van der Waals surface area contributed by atoms with Crippen molar-refractivity contribution in [2.24, 2.45) is 23.2 Å². The van der Waals surface area contributed by atoms with Crippen LogP contribution in [-0.2, 0) is 9.59 Å². The number of rotatable bonds is 5. The molecule has 1 aromatic carbocycles. The van der Waals surface area contributed by atoms with Crippen LogP contribution in [0.3, 0.4) is 0 Å². The molecule has 6 atom stereocenters. The summed E-state index contributed by atoms with van der Waals surface area (Å²) in [5.74, 6) is 1.78. The number of hydrogen-bond acceptors (Lipinski definition) is 4. The Morgan fingerprint density at radius 3 is 2.59 bits per heavy atom. The van der Waals surface area contributed by atoms with Crippen LogP contribution in [0, 0.1) is 23.2 Å². The van der Waals surface area contributed by atoms with Crippen molar-refractivity contribution < 1.29 is 14.7 Å². The molecule has 0 unspecified atom stereocenters. The molecule has 0 aromatic heterocycles. The smallest absolute Gasteiger partial charge is 0.156 e. The number of aldehydes is 1. The number of carbonyl (C=O) groups excluding carboxylic acids is 2. The van der Waals surface area contributed by atoms with E-state index in [0.29, 0.717) is 37.0 Å². The first-order valence-corrected chi connectivity index (χ1v) is 13.1. The number of benzene rings is 1. The second-order valence-corrected chi connectivity index (χ2v) is 11.8. The van der Waals surface area contributed by atoms with Crippen molar-refractivity contribution in [3.63, 3.8) is 0 Å². The molecule has 0 amide bonds. The molecule has 2 fully saturated rings. The molecule has 4 aliphatic carbocycles. The van der Waals surface area contributed by atoms with Gasteiger partial charge in [0.15, 0.2) is 5.78 Å². The van der Waals surface area contributed by atoms with Crippen molar-refractivity contribution in [1.82, 2.24) is 0 Å². The quantitative estimate of drug-likeness (QED) is 0.579. The molecule has 0 spiro atoms. The minimum Gasteiger partial charge on any atom is -0.389 e. The van der Waals surface area contributed by atoms with E-state index < -0.39 is 5.60 Å². The van der Waals surface area contributed by atoms with Crippen LogP contribution in [0.1, 0.15) is 76.7 Å². The van der Waals surface area contributed by atoms with Gasteiger partial charge in [0.2, 0.25) is 0 Å². The Hall–Kier alpha value is -2.20. The lowest BCUT2D eigenvalue weighted by atomic mass is 9.49. The van der Waals surface area contributed by atoms with E-state index in [0.717, 1.165) is 38.4 Å². The Bertz CT molecular complexity index is 1050. The van der Waals surface area contributed by atoms with Crippen molar-refractivity contribution >= 4 is 17.8 Å². The molecule has 1 aromatic rings. The lowest BCUT2D eigenvalue weighted by molar-refractivity contribution is -0.117. The van der Waals surface area contributed by atoms with Crippen LogP contribution in [0.4, 0.5) is 5.69 Å². The molecule has 0 heterocycles. The summed E-state index contributed by atoms with van der Waals surface area (Å²) in [7, 11) is 4.12. The molecule has 1 N–H and O–H groups in total. The van der Waals surface area contributed by atoms with E-state index >= 15 is 0 Å². The fourth-order valence-corrected chi connectivity index (χ4v) is 8.12. The molecule has 4 aliphatic rings. The summed E-state index contributed by atoms with van der Waals surface area (Å²) >= 11 is 0. The van der Waals surface area contributed by atoms with Gasteiger partial charge in [-0.2, -0.15) is 0 Å². The van der Waals surface area contributed by atoms with Crippen molar-refractivity contribution in [2.75, 3.05) is 19.0 Å². The Morgan fingerprint density at radius 2 is 1.91 bits per heavy atom. The maximum Gasteiger partial charge on any atom is 0.156 e. The fraction of sp³-hybridized carbons (Fsp3) is 0.600. The lowest BCUT2D eigenvalue weighted by Gasteiger charge is -2.56. The highest BCUT2D eigenvalue weighted by Gasteiger charge is 2.63. The molecule has 34 heavy (non-hydrogen) atoms. The van der Waals surface area contributed by atoms with E-state index in [-0.39, 0.29) is 17.1 Å². The minimum atomic E-state index is -0.797. The van der Waals surface area contributed by atoms with E-state index in [4.69, 9.17) is 0 Å². The van der Waals surface area contributed by atoms with Gasteiger partial charge in [0.25, 0.3) is 0 Å². The molecule has 0 saturated heterocycles. The topological polar surface area (TPSA) is 57.6 Å². The van der Waals surface area contributed by atoms with Gasteiger partial charge in [0.1, 0.15) is 6.29 Å². The molecule has 182 valence electrons. The molecule has 5 rings (SSSR count). The maximum absolute atomic E-state index is 12.3. The molecule has 0 bridgehead atoms. The van der Waals surface area contributed by atoms with Gasteiger partial charge in [-0.25, -0.2) is 0 Å². The maximum atomic E-state index is 12.3. The largest absolute Gasteiger partial charge is 0.389 e. The summed E-state index contributed by atoms with van der Waals surface area (Å²) in [6.45, 7) is 4.66. The zero-order chi connectivity index (χ0) is 24.3. The number of fused-ring (bicyclic) bond motifs is 4. The van der Waals surface area contributed by atoms with E-state index in [1.165, 1.54) is 22.4 Å². The SMILES string of the molecule is C[C@H]1CC2=CC(=O)CCC2=C2[C@@H]1[C@@H]1CC[C@@](O)(CCC=O)[C@@]1(C)C[C@@H]2c1ccc(N(C)C)cc1. The number of allylic oxidation sites excluding steroid dienone is 4. The molecule has 0 radical (unpaired) electrons. The zero-order valence-corrected chi connectivity index (χ0v) is 21.1. The molecule has 4 nitrogen and oxygen atoms in total. The zero-order valence-electron chi connectivity index (χ0n) is 21.1. The predicted molar refractivity (Wildman–Crippen MR) is 136 cm³/mol. The third-order valence-corrected chi connectivity index (χ3v) is 9.88. The predicted octanol–water partition coefficient (Wildman–Crippen LogP) is 5.61.